The second-order valence-electron chi connectivity index (χ2n) is 5.10. The number of carbonyl (C=O) groups excluding carboxylic acids is 3. The minimum absolute atomic E-state index is 0.171. The molecule has 7 heteroatoms. The maximum Gasteiger partial charge on any atom is 0.338 e. The lowest BCUT2D eigenvalue weighted by molar-refractivity contribution is 0.0525. The van der Waals surface area contributed by atoms with Crippen LogP contribution in [0.15, 0.2) is 30.3 Å². The molecule has 1 N–H and O–H groups in total. The predicted octanol–water partition coefficient (Wildman–Crippen LogP) is 3.66. The van der Waals surface area contributed by atoms with Gasteiger partial charge in [0.25, 0.3) is 5.91 Å². The second-order valence-corrected chi connectivity index (χ2v) is 6.39. The van der Waals surface area contributed by atoms with Gasteiger partial charge in [-0.3, -0.25) is 4.79 Å². The van der Waals surface area contributed by atoms with E-state index in [4.69, 9.17) is 9.47 Å². The average Bonchev–Trinajstić information content (AvgIpc) is 3.01. The molecule has 1 amide bonds. The largest absolute Gasteiger partial charge is 0.462 e. The summed E-state index contributed by atoms with van der Waals surface area (Å²) in [7, 11) is 0. The van der Waals surface area contributed by atoms with Crippen LogP contribution in [0.5, 0.6) is 0 Å². The quantitative estimate of drug-likeness (QED) is 0.794. The smallest absolute Gasteiger partial charge is 0.338 e. The number of thiophene rings is 1. The first kappa shape index (κ1) is 18.7. The molecule has 0 atom stereocenters. The number of amides is 1. The molecule has 132 valence electrons. The molecular weight excluding hydrogens is 342 g/mol. The van der Waals surface area contributed by atoms with Gasteiger partial charge in [-0.15, -0.1) is 11.3 Å². The van der Waals surface area contributed by atoms with E-state index in [1.54, 1.807) is 19.9 Å². The van der Waals surface area contributed by atoms with Gasteiger partial charge in [0.1, 0.15) is 0 Å². The summed E-state index contributed by atoms with van der Waals surface area (Å²) in [6.07, 6.45) is 0. The van der Waals surface area contributed by atoms with Crippen LogP contribution >= 0.6 is 11.3 Å². The van der Waals surface area contributed by atoms with Gasteiger partial charge in [0, 0.05) is 10.6 Å². The molecule has 25 heavy (non-hydrogen) atoms. The van der Waals surface area contributed by atoms with Crippen LogP contribution in [0.25, 0.3) is 0 Å². The van der Waals surface area contributed by atoms with Gasteiger partial charge in [0.2, 0.25) is 0 Å². The summed E-state index contributed by atoms with van der Waals surface area (Å²) in [6.45, 7) is 5.70. The molecular formula is C18H19NO5S. The molecule has 6 nitrogen and oxygen atoms in total. The standard InChI is InChI=1S/C18H19NO5S/c1-4-23-17(21)12-8-13(18(22)24-5-2)10-14(9-12)19-16(20)15-7-6-11(3)25-15/h6-10H,4-5H2,1-3H3,(H,19,20). The van der Waals surface area contributed by atoms with Gasteiger partial charge >= 0.3 is 11.9 Å². The van der Waals surface area contributed by atoms with E-state index < -0.39 is 11.9 Å². The number of hydrogen-bond donors (Lipinski definition) is 1. The van der Waals surface area contributed by atoms with Crippen molar-refractivity contribution in [3.63, 3.8) is 0 Å². The van der Waals surface area contributed by atoms with Crippen molar-refractivity contribution in [2.75, 3.05) is 18.5 Å². The normalized spacial score (nSPS) is 10.2. The van der Waals surface area contributed by atoms with Crippen molar-refractivity contribution in [3.05, 3.63) is 51.2 Å². The van der Waals surface area contributed by atoms with E-state index in [9.17, 15) is 14.4 Å². The fourth-order valence-electron chi connectivity index (χ4n) is 2.11. The number of hydrogen-bond acceptors (Lipinski definition) is 6. The number of esters is 2. The van der Waals surface area contributed by atoms with Gasteiger partial charge in [-0.1, -0.05) is 0 Å². The van der Waals surface area contributed by atoms with Crippen molar-refractivity contribution >= 4 is 34.9 Å². The predicted molar refractivity (Wildman–Crippen MR) is 95.4 cm³/mol. The van der Waals surface area contributed by atoms with Crippen molar-refractivity contribution < 1.29 is 23.9 Å². The Balaban J connectivity index is 2.33. The summed E-state index contributed by atoms with van der Waals surface area (Å²) in [5.41, 5.74) is 0.666. The maximum absolute atomic E-state index is 12.3. The Morgan fingerprint density at radius 3 is 1.96 bits per heavy atom. The number of benzene rings is 1. The average molecular weight is 361 g/mol. The van der Waals surface area contributed by atoms with Gasteiger partial charge in [-0.05, 0) is 51.1 Å². The summed E-state index contributed by atoms with van der Waals surface area (Å²) in [5, 5.41) is 2.70. The highest BCUT2D eigenvalue weighted by Crippen LogP contribution is 2.20. The molecule has 0 fully saturated rings. The Labute approximate surface area is 149 Å². The van der Waals surface area contributed by atoms with E-state index in [0.717, 1.165) is 4.88 Å². The molecule has 1 aromatic heterocycles. The van der Waals surface area contributed by atoms with Crippen LogP contribution in [0, 0.1) is 6.92 Å². The molecule has 2 rings (SSSR count). The molecule has 0 aliphatic heterocycles. The second kappa shape index (κ2) is 8.43. The van der Waals surface area contributed by atoms with Crippen LogP contribution in [-0.4, -0.2) is 31.1 Å². The van der Waals surface area contributed by atoms with Crippen molar-refractivity contribution in [2.45, 2.75) is 20.8 Å². The minimum Gasteiger partial charge on any atom is -0.462 e. The third kappa shape index (κ3) is 4.90. The van der Waals surface area contributed by atoms with Crippen LogP contribution in [0.2, 0.25) is 0 Å². The molecule has 0 aliphatic rings. The highest BCUT2D eigenvalue weighted by molar-refractivity contribution is 7.14. The Kier molecular flexibility index (Phi) is 6.30. The molecule has 2 aromatic rings. The first-order valence-corrected chi connectivity index (χ1v) is 8.63. The summed E-state index contributed by atoms with van der Waals surface area (Å²) in [5.74, 6) is -1.46. The van der Waals surface area contributed by atoms with Crippen LogP contribution in [0.4, 0.5) is 5.69 Å². The highest BCUT2D eigenvalue weighted by Gasteiger charge is 2.16. The fraction of sp³-hybridized carbons (Fsp3) is 0.278. The highest BCUT2D eigenvalue weighted by atomic mass is 32.1. The van der Waals surface area contributed by atoms with Crippen molar-refractivity contribution in [1.29, 1.82) is 0 Å². The molecule has 0 unspecified atom stereocenters. The topological polar surface area (TPSA) is 81.7 Å². The molecule has 0 saturated heterocycles. The monoisotopic (exact) mass is 361 g/mol. The van der Waals surface area contributed by atoms with E-state index in [1.165, 1.54) is 29.5 Å². The Morgan fingerprint density at radius 2 is 1.52 bits per heavy atom. The van der Waals surface area contributed by atoms with Crippen LogP contribution in [0.1, 0.15) is 49.1 Å². The number of carbonyl (C=O) groups is 3. The zero-order valence-electron chi connectivity index (χ0n) is 14.3. The van der Waals surface area contributed by atoms with E-state index in [-0.39, 0.29) is 30.2 Å². The van der Waals surface area contributed by atoms with Crippen molar-refractivity contribution in [1.82, 2.24) is 0 Å². The lowest BCUT2D eigenvalue weighted by atomic mass is 10.1. The summed E-state index contributed by atoms with van der Waals surface area (Å²) in [4.78, 5) is 37.9. The van der Waals surface area contributed by atoms with Gasteiger partial charge < -0.3 is 14.8 Å². The third-order valence-corrected chi connectivity index (χ3v) is 4.18. The number of rotatable bonds is 6. The van der Waals surface area contributed by atoms with Crippen LogP contribution in [0.3, 0.4) is 0 Å². The van der Waals surface area contributed by atoms with E-state index >= 15 is 0 Å². The molecule has 0 radical (unpaired) electrons. The number of ether oxygens (including phenoxy) is 2. The first-order chi connectivity index (χ1) is 11.9. The summed E-state index contributed by atoms with van der Waals surface area (Å²) < 4.78 is 9.94. The molecule has 0 spiro atoms. The third-order valence-electron chi connectivity index (χ3n) is 3.18. The summed E-state index contributed by atoms with van der Waals surface area (Å²) in [6, 6.07) is 7.90. The van der Waals surface area contributed by atoms with E-state index in [0.29, 0.717) is 10.6 Å². The lowest BCUT2D eigenvalue weighted by Gasteiger charge is -2.10. The Hall–Kier alpha value is -2.67. The van der Waals surface area contributed by atoms with Gasteiger partial charge in [-0.2, -0.15) is 0 Å². The molecule has 0 saturated carbocycles. The van der Waals surface area contributed by atoms with E-state index in [1.807, 2.05) is 13.0 Å². The summed E-state index contributed by atoms with van der Waals surface area (Å²) >= 11 is 1.36. The van der Waals surface area contributed by atoms with Gasteiger partial charge in [-0.25, -0.2) is 9.59 Å². The maximum atomic E-state index is 12.3. The van der Waals surface area contributed by atoms with Crippen molar-refractivity contribution in [2.24, 2.45) is 0 Å². The first-order valence-electron chi connectivity index (χ1n) is 7.81. The van der Waals surface area contributed by atoms with Gasteiger partial charge in [0.05, 0.1) is 29.2 Å². The fourth-order valence-corrected chi connectivity index (χ4v) is 2.88. The SMILES string of the molecule is CCOC(=O)c1cc(NC(=O)c2ccc(C)s2)cc(C(=O)OCC)c1. The molecule has 0 bridgehead atoms. The Morgan fingerprint density at radius 1 is 0.960 bits per heavy atom. The van der Waals surface area contributed by atoms with Crippen LogP contribution < -0.4 is 5.32 Å². The Bertz CT molecular complexity index is 760. The zero-order chi connectivity index (χ0) is 18.4. The minimum atomic E-state index is -0.573. The molecule has 0 aliphatic carbocycles. The number of nitrogens with one attached hydrogen (secondary N) is 1. The van der Waals surface area contributed by atoms with Crippen molar-refractivity contribution in [3.8, 4) is 0 Å². The van der Waals surface area contributed by atoms with Gasteiger partial charge in [0.15, 0.2) is 0 Å². The lowest BCUT2D eigenvalue weighted by Crippen LogP contribution is -2.14. The number of aryl methyl sites for hydroxylation is 1. The molecule has 1 aromatic carbocycles. The number of anilines is 1. The van der Waals surface area contributed by atoms with E-state index in [2.05, 4.69) is 5.32 Å². The zero-order valence-corrected chi connectivity index (χ0v) is 15.1. The van der Waals surface area contributed by atoms with Crippen LogP contribution in [-0.2, 0) is 9.47 Å². The molecule has 1 heterocycles.